The zero-order valence-electron chi connectivity index (χ0n) is 12.8. The molecule has 21 heavy (non-hydrogen) atoms. The number of carboxylic acid groups (broad SMARTS) is 1. The quantitative estimate of drug-likeness (QED) is 0.875. The normalized spacial score (nSPS) is 16.9. The summed E-state index contributed by atoms with van der Waals surface area (Å²) in [5, 5.41) is 8.68. The van der Waals surface area contributed by atoms with Crippen LogP contribution in [0.3, 0.4) is 0 Å². The number of aliphatic carboxylic acids is 1. The SMILES string of the molecule is CCCC(=O)N1c2ccc(CCCC(=O)O)cc2CC1C. The fourth-order valence-electron chi connectivity index (χ4n) is 3.00. The average molecular weight is 289 g/mol. The van der Waals surface area contributed by atoms with E-state index in [1.54, 1.807) is 0 Å². The van der Waals surface area contributed by atoms with E-state index in [1.807, 2.05) is 24.0 Å². The van der Waals surface area contributed by atoms with Gasteiger partial charge >= 0.3 is 5.97 Å². The van der Waals surface area contributed by atoms with E-state index in [-0.39, 0.29) is 18.4 Å². The van der Waals surface area contributed by atoms with E-state index in [0.29, 0.717) is 12.8 Å². The smallest absolute Gasteiger partial charge is 0.303 e. The summed E-state index contributed by atoms with van der Waals surface area (Å²) in [6.45, 7) is 4.10. The average Bonchev–Trinajstić information content (AvgIpc) is 2.73. The fraction of sp³-hybridized carbons (Fsp3) is 0.529. The second-order valence-electron chi connectivity index (χ2n) is 5.78. The van der Waals surface area contributed by atoms with Crippen LogP contribution in [0.5, 0.6) is 0 Å². The fourth-order valence-corrected chi connectivity index (χ4v) is 3.00. The van der Waals surface area contributed by atoms with Crippen molar-refractivity contribution in [2.24, 2.45) is 0 Å². The molecule has 1 heterocycles. The number of hydrogen-bond acceptors (Lipinski definition) is 2. The number of anilines is 1. The minimum absolute atomic E-state index is 0.197. The Morgan fingerprint density at radius 3 is 2.76 bits per heavy atom. The van der Waals surface area contributed by atoms with Crippen LogP contribution in [0.1, 0.15) is 50.7 Å². The van der Waals surface area contributed by atoms with Crippen LogP contribution in [0.15, 0.2) is 18.2 Å². The summed E-state index contributed by atoms with van der Waals surface area (Å²) in [4.78, 5) is 24.7. The lowest BCUT2D eigenvalue weighted by Gasteiger charge is -2.22. The van der Waals surface area contributed by atoms with Gasteiger partial charge in [0.2, 0.25) is 5.91 Å². The predicted octanol–water partition coefficient (Wildman–Crippen LogP) is 3.17. The standard InChI is InChI=1S/C17H23NO3/c1-3-5-16(19)18-12(2)10-14-11-13(8-9-15(14)18)6-4-7-17(20)21/h8-9,11-12H,3-7,10H2,1-2H3,(H,20,21). The highest BCUT2D eigenvalue weighted by Crippen LogP contribution is 2.33. The first-order valence-corrected chi connectivity index (χ1v) is 7.68. The van der Waals surface area contributed by atoms with Crippen molar-refractivity contribution < 1.29 is 14.7 Å². The zero-order chi connectivity index (χ0) is 15.4. The lowest BCUT2D eigenvalue weighted by Crippen LogP contribution is -2.35. The minimum Gasteiger partial charge on any atom is -0.481 e. The minimum atomic E-state index is -0.749. The van der Waals surface area contributed by atoms with Crippen LogP contribution >= 0.6 is 0 Å². The van der Waals surface area contributed by atoms with E-state index in [4.69, 9.17) is 5.11 Å². The molecule has 1 aliphatic heterocycles. The topological polar surface area (TPSA) is 57.6 Å². The molecule has 0 aliphatic carbocycles. The molecular formula is C17H23NO3. The molecule has 0 fully saturated rings. The van der Waals surface area contributed by atoms with Gasteiger partial charge in [-0.1, -0.05) is 19.1 Å². The van der Waals surface area contributed by atoms with Crippen LogP contribution in [-0.2, 0) is 22.4 Å². The molecule has 1 aromatic rings. The monoisotopic (exact) mass is 289 g/mol. The maximum absolute atomic E-state index is 12.2. The molecule has 0 saturated carbocycles. The molecule has 0 spiro atoms. The van der Waals surface area contributed by atoms with Crippen molar-refractivity contribution in [3.05, 3.63) is 29.3 Å². The molecule has 1 aromatic carbocycles. The molecule has 1 atom stereocenters. The number of aryl methyl sites for hydroxylation is 1. The Morgan fingerprint density at radius 1 is 1.33 bits per heavy atom. The van der Waals surface area contributed by atoms with Gasteiger partial charge in [0.1, 0.15) is 0 Å². The first kappa shape index (κ1) is 15.5. The molecule has 1 N–H and O–H groups in total. The predicted molar refractivity (Wildman–Crippen MR) is 82.6 cm³/mol. The molecule has 1 unspecified atom stereocenters. The van der Waals surface area contributed by atoms with Gasteiger partial charge in [-0.15, -0.1) is 0 Å². The summed E-state index contributed by atoms with van der Waals surface area (Å²) in [6, 6.07) is 6.38. The highest BCUT2D eigenvalue weighted by molar-refractivity contribution is 5.96. The molecule has 0 saturated heterocycles. The van der Waals surface area contributed by atoms with Gasteiger partial charge in [-0.05, 0) is 49.8 Å². The number of amides is 1. The molecule has 1 aliphatic rings. The third-order valence-corrected chi connectivity index (χ3v) is 3.95. The molecule has 4 heteroatoms. The van der Waals surface area contributed by atoms with Gasteiger partial charge in [0, 0.05) is 24.6 Å². The van der Waals surface area contributed by atoms with Crippen molar-refractivity contribution in [3.63, 3.8) is 0 Å². The lowest BCUT2D eigenvalue weighted by molar-refractivity contribution is -0.137. The molecule has 4 nitrogen and oxygen atoms in total. The number of benzene rings is 1. The second-order valence-corrected chi connectivity index (χ2v) is 5.78. The van der Waals surface area contributed by atoms with Crippen LogP contribution in [0, 0.1) is 0 Å². The molecule has 114 valence electrons. The van der Waals surface area contributed by atoms with Gasteiger partial charge in [-0.2, -0.15) is 0 Å². The summed E-state index contributed by atoms with van der Waals surface area (Å²) in [6.07, 6.45) is 3.97. The second kappa shape index (κ2) is 6.74. The number of nitrogens with zero attached hydrogens (tertiary/aromatic N) is 1. The Kier molecular flexibility index (Phi) is 4.99. The van der Waals surface area contributed by atoms with Crippen molar-refractivity contribution >= 4 is 17.6 Å². The summed E-state index contributed by atoms with van der Waals surface area (Å²) in [7, 11) is 0. The Bertz CT molecular complexity index is 539. The van der Waals surface area contributed by atoms with E-state index in [0.717, 1.165) is 30.5 Å². The maximum Gasteiger partial charge on any atom is 0.303 e. The first-order valence-electron chi connectivity index (χ1n) is 7.68. The highest BCUT2D eigenvalue weighted by atomic mass is 16.4. The van der Waals surface area contributed by atoms with Crippen molar-refractivity contribution in [1.82, 2.24) is 0 Å². The molecule has 2 rings (SSSR count). The number of carbonyl (C=O) groups excluding carboxylic acids is 1. The molecule has 0 radical (unpaired) electrons. The summed E-state index contributed by atoms with van der Waals surface area (Å²) in [5.74, 6) is -0.552. The van der Waals surface area contributed by atoms with Gasteiger partial charge in [0.15, 0.2) is 0 Å². The Morgan fingerprint density at radius 2 is 2.10 bits per heavy atom. The lowest BCUT2D eigenvalue weighted by atomic mass is 10.0. The summed E-state index contributed by atoms with van der Waals surface area (Å²) < 4.78 is 0. The number of fused-ring (bicyclic) bond motifs is 1. The van der Waals surface area contributed by atoms with Crippen molar-refractivity contribution in [2.75, 3.05) is 4.90 Å². The van der Waals surface area contributed by atoms with Crippen LogP contribution in [-0.4, -0.2) is 23.0 Å². The van der Waals surface area contributed by atoms with Crippen LogP contribution in [0.2, 0.25) is 0 Å². The molecule has 0 bridgehead atoms. The van der Waals surface area contributed by atoms with Crippen LogP contribution in [0.25, 0.3) is 0 Å². The van der Waals surface area contributed by atoms with Crippen LogP contribution < -0.4 is 4.90 Å². The van der Waals surface area contributed by atoms with Gasteiger partial charge in [0.05, 0.1) is 0 Å². The van der Waals surface area contributed by atoms with Crippen molar-refractivity contribution in [3.8, 4) is 0 Å². The van der Waals surface area contributed by atoms with Crippen molar-refractivity contribution in [1.29, 1.82) is 0 Å². The molecule has 0 aromatic heterocycles. The van der Waals surface area contributed by atoms with Crippen molar-refractivity contribution in [2.45, 2.75) is 58.4 Å². The third kappa shape index (κ3) is 3.63. The van der Waals surface area contributed by atoms with E-state index in [2.05, 4.69) is 13.0 Å². The van der Waals surface area contributed by atoms with Crippen LogP contribution in [0.4, 0.5) is 5.69 Å². The Hall–Kier alpha value is -1.84. The van der Waals surface area contributed by atoms with Gasteiger partial charge in [-0.25, -0.2) is 0 Å². The van der Waals surface area contributed by atoms with E-state index in [9.17, 15) is 9.59 Å². The largest absolute Gasteiger partial charge is 0.481 e. The van der Waals surface area contributed by atoms with Gasteiger partial charge in [-0.3, -0.25) is 9.59 Å². The summed E-state index contributed by atoms with van der Waals surface area (Å²) in [5.41, 5.74) is 3.40. The maximum atomic E-state index is 12.2. The van der Waals surface area contributed by atoms with Gasteiger partial charge in [0.25, 0.3) is 0 Å². The molecule has 1 amide bonds. The Balaban J connectivity index is 2.10. The van der Waals surface area contributed by atoms with E-state index in [1.165, 1.54) is 5.56 Å². The first-order chi connectivity index (χ1) is 10.0. The number of hydrogen-bond donors (Lipinski definition) is 1. The number of rotatable bonds is 6. The summed E-state index contributed by atoms with van der Waals surface area (Å²) >= 11 is 0. The van der Waals surface area contributed by atoms with E-state index < -0.39 is 5.97 Å². The number of carbonyl (C=O) groups is 2. The van der Waals surface area contributed by atoms with Gasteiger partial charge < -0.3 is 10.0 Å². The Labute approximate surface area is 125 Å². The molecular weight excluding hydrogens is 266 g/mol. The van der Waals surface area contributed by atoms with E-state index >= 15 is 0 Å². The number of carboxylic acids is 1. The highest BCUT2D eigenvalue weighted by Gasteiger charge is 2.30. The third-order valence-electron chi connectivity index (χ3n) is 3.95. The zero-order valence-corrected chi connectivity index (χ0v) is 12.8.